The summed E-state index contributed by atoms with van der Waals surface area (Å²) in [5.41, 5.74) is 3.30. The summed E-state index contributed by atoms with van der Waals surface area (Å²) in [6, 6.07) is 0. The standard InChI is InChI=1S/C14H24N2O2/c1-9(13(5)17)11(3)15-7-8-16-12(4)10(2)14(6)18/h15-16H,7-8H2,1-6H3. The zero-order chi connectivity index (χ0) is 14.3. The second kappa shape index (κ2) is 7.69. The molecule has 0 aliphatic heterocycles. The number of nitrogens with one attached hydrogen (secondary N) is 2. The molecule has 2 N–H and O–H groups in total. The maximum absolute atomic E-state index is 11.1. The van der Waals surface area contributed by atoms with E-state index < -0.39 is 0 Å². The van der Waals surface area contributed by atoms with Crippen LogP contribution in [-0.2, 0) is 9.59 Å². The van der Waals surface area contributed by atoms with E-state index in [-0.39, 0.29) is 11.6 Å². The summed E-state index contributed by atoms with van der Waals surface area (Å²) in [7, 11) is 0. The van der Waals surface area contributed by atoms with Crippen molar-refractivity contribution in [3.8, 4) is 0 Å². The highest BCUT2D eigenvalue weighted by atomic mass is 16.1. The summed E-state index contributed by atoms with van der Waals surface area (Å²) >= 11 is 0. The molecule has 0 aliphatic rings. The van der Waals surface area contributed by atoms with E-state index >= 15 is 0 Å². The molecule has 0 heterocycles. The Labute approximate surface area is 110 Å². The van der Waals surface area contributed by atoms with Crippen LogP contribution in [0, 0.1) is 0 Å². The van der Waals surface area contributed by atoms with Gasteiger partial charge in [-0.1, -0.05) is 0 Å². The molecule has 0 aromatic heterocycles. The molecule has 0 fully saturated rings. The van der Waals surface area contributed by atoms with Gasteiger partial charge in [-0.2, -0.15) is 0 Å². The van der Waals surface area contributed by atoms with Crippen LogP contribution < -0.4 is 10.6 Å². The fraction of sp³-hybridized carbons (Fsp3) is 0.571. The lowest BCUT2D eigenvalue weighted by atomic mass is 10.1. The van der Waals surface area contributed by atoms with Crippen molar-refractivity contribution in [2.75, 3.05) is 13.1 Å². The van der Waals surface area contributed by atoms with Gasteiger partial charge in [-0.25, -0.2) is 0 Å². The lowest BCUT2D eigenvalue weighted by molar-refractivity contribution is -0.114. The molecule has 0 aromatic carbocycles. The van der Waals surface area contributed by atoms with Gasteiger partial charge in [-0.15, -0.1) is 0 Å². The Morgan fingerprint density at radius 3 is 1.17 bits per heavy atom. The van der Waals surface area contributed by atoms with Crippen molar-refractivity contribution < 1.29 is 9.59 Å². The summed E-state index contributed by atoms with van der Waals surface area (Å²) in [4.78, 5) is 22.3. The van der Waals surface area contributed by atoms with Crippen molar-refractivity contribution in [3.63, 3.8) is 0 Å². The summed E-state index contributed by atoms with van der Waals surface area (Å²) in [6.07, 6.45) is 0. The minimum atomic E-state index is 0.0801. The van der Waals surface area contributed by atoms with E-state index in [1.165, 1.54) is 0 Å². The predicted molar refractivity (Wildman–Crippen MR) is 74.1 cm³/mol. The Hall–Kier alpha value is -1.58. The van der Waals surface area contributed by atoms with Crippen LogP contribution in [-0.4, -0.2) is 24.7 Å². The maximum atomic E-state index is 11.1. The maximum Gasteiger partial charge on any atom is 0.157 e. The SMILES string of the molecule is CC(=O)C(C)=C(C)NCCNC(C)=C(C)C(C)=O. The van der Waals surface area contributed by atoms with Gasteiger partial charge < -0.3 is 10.6 Å². The van der Waals surface area contributed by atoms with E-state index in [1.807, 2.05) is 27.7 Å². The van der Waals surface area contributed by atoms with Crippen LogP contribution in [0.5, 0.6) is 0 Å². The molecule has 102 valence electrons. The fourth-order valence-corrected chi connectivity index (χ4v) is 1.29. The molecule has 0 atom stereocenters. The summed E-state index contributed by atoms with van der Waals surface area (Å²) in [6.45, 7) is 11.9. The monoisotopic (exact) mass is 252 g/mol. The first-order valence-corrected chi connectivity index (χ1v) is 6.12. The van der Waals surface area contributed by atoms with Gasteiger partial charge in [0.1, 0.15) is 0 Å². The number of rotatable bonds is 7. The molecule has 0 aromatic rings. The summed E-state index contributed by atoms with van der Waals surface area (Å²) in [5, 5.41) is 6.35. The Balaban J connectivity index is 4.17. The van der Waals surface area contributed by atoms with Gasteiger partial charge in [0, 0.05) is 35.6 Å². The highest BCUT2D eigenvalue weighted by molar-refractivity contribution is 5.93. The van der Waals surface area contributed by atoms with Gasteiger partial charge in [0.25, 0.3) is 0 Å². The van der Waals surface area contributed by atoms with Crippen molar-refractivity contribution in [3.05, 3.63) is 22.5 Å². The highest BCUT2D eigenvalue weighted by Gasteiger charge is 2.03. The average Bonchev–Trinajstić information content (AvgIpc) is 2.31. The van der Waals surface area contributed by atoms with E-state index in [0.29, 0.717) is 13.1 Å². The number of carbonyl (C=O) groups excluding carboxylic acids is 2. The molecule has 0 rings (SSSR count). The van der Waals surface area contributed by atoms with Crippen molar-refractivity contribution in [1.29, 1.82) is 0 Å². The first kappa shape index (κ1) is 16.4. The number of ketones is 2. The first-order chi connectivity index (χ1) is 8.27. The normalized spacial score (nSPS) is 13.4. The average molecular weight is 252 g/mol. The molecule has 0 radical (unpaired) electrons. The largest absolute Gasteiger partial charge is 0.386 e. The van der Waals surface area contributed by atoms with E-state index in [4.69, 9.17) is 0 Å². The van der Waals surface area contributed by atoms with Crippen molar-refractivity contribution in [1.82, 2.24) is 10.6 Å². The molecule has 0 saturated carbocycles. The van der Waals surface area contributed by atoms with Crippen LogP contribution >= 0.6 is 0 Å². The number of hydrogen-bond acceptors (Lipinski definition) is 4. The lowest BCUT2D eigenvalue weighted by Crippen LogP contribution is -2.27. The third-order valence-electron chi connectivity index (χ3n) is 3.09. The van der Waals surface area contributed by atoms with E-state index in [2.05, 4.69) is 10.6 Å². The second-order valence-corrected chi connectivity index (χ2v) is 4.47. The van der Waals surface area contributed by atoms with Gasteiger partial charge >= 0.3 is 0 Å². The zero-order valence-corrected chi connectivity index (χ0v) is 12.2. The Morgan fingerprint density at radius 1 is 0.667 bits per heavy atom. The lowest BCUT2D eigenvalue weighted by Gasteiger charge is -2.12. The zero-order valence-electron chi connectivity index (χ0n) is 12.2. The number of carbonyl (C=O) groups is 2. The van der Waals surface area contributed by atoms with E-state index in [1.54, 1.807) is 13.8 Å². The topological polar surface area (TPSA) is 58.2 Å². The van der Waals surface area contributed by atoms with Crippen LogP contribution in [0.15, 0.2) is 22.5 Å². The molecular formula is C14H24N2O2. The second-order valence-electron chi connectivity index (χ2n) is 4.47. The molecule has 0 bridgehead atoms. The van der Waals surface area contributed by atoms with Gasteiger partial charge in [0.2, 0.25) is 0 Å². The van der Waals surface area contributed by atoms with Gasteiger partial charge in [-0.05, 0) is 41.5 Å². The van der Waals surface area contributed by atoms with Crippen molar-refractivity contribution >= 4 is 11.6 Å². The van der Waals surface area contributed by atoms with Crippen LogP contribution in [0.25, 0.3) is 0 Å². The Bertz CT molecular complexity index is 355. The Morgan fingerprint density at radius 2 is 0.944 bits per heavy atom. The van der Waals surface area contributed by atoms with Gasteiger partial charge in [-0.3, -0.25) is 9.59 Å². The van der Waals surface area contributed by atoms with Crippen LogP contribution in [0.4, 0.5) is 0 Å². The minimum Gasteiger partial charge on any atom is -0.386 e. The quantitative estimate of drug-likeness (QED) is 0.537. The molecular weight excluding hydrogens is 228 g/mol. The number of Topliss-reactive ketones (excluding diaryl/α,β-unsaturated/α-hetero) is 2. The van der Waals surface area contributed by atoms with E-state index in [0.717, 1.165) is 22.5 Å². The third-order valence-corrected chi connectivity index (χ3v) is 3.09. The van der Waals surface area contributed by atoms with E-state index in [9.17, 15) is 9.59 Å². The third kappa shape index (κ3) is 5.66. The van der Waals surface area contributed by atoms with Gasteiger partial charge in [0.05, 0.1) is 0 Å². The first-order valence-electron chi connectivity index (χ1n) is 6.12. The number of hydrogen-bond donors (Lipinski definition) is 2. The van der Waals surface area contributed by atoms with Crippen LogP contribution in [0.3, 0.4) is 0 Å². The van der Waals surface area contributed by atoms with Gasteiger partial charge in [0.15, 0.2) is 11.6 Å². The van der Waals surface area contributed by atoms with Crippen molar-refractivity contribution in [2.24, 2.45) is 0 Å². The molecule has 0 spiro atoms. The molecule has 0 unspecified atom stereocenters. The van der Waals surface area contributed by atoms with Crippen molar-refractivity contribution in [2.45, 2.75) is 41.5 Å². The minimum absolute atomic E-state index is 0.0801. The molecule has 0 amide bonds. The molecule has 4 nitrogen and oxygen atoms in total. The predicted octanol–water partition coefficient (Wildman–Crippen LogP) is 1.93. The molecule has 0 aliphatic carbocycles. The highest BCUT2D eigenvalue weighted by Crippen LogP contribution is 2.01. The fourth-order valence-electron chi connectivity index (χ4n) is 1.29. The molecule has 0 saturated heterocycles. The summed E-state index contributed by atoms with van der Waals surface area (Å²) in [5.74, 6) is 0.160. The molecule has 18 heavy (non-hydrogen) atoms. The number of allylic oxidation sites excluding steroid dienone is 4. The summed E-state index contributed by atoms with van der Waals surface area (Å²) < 4.78 is 0. The van der Waals surface area contributed by atoms with Crippen LogP contribution in [0.1, 0.15) is 41.5 Å². The van der Waals surface area contributed by atoms with Crippen LogP contribution in [0.2, 0.25) is 0 Å². The Kier molecular flexibility index (Phi) is 7.01. The smallest absolute Gasteiger partial charge is 0.157 e. The molecule has 4 heteroatoms.